The van der Waals surface area contributed by atoms with Crippen LogP contribution in [0.4, 0.5) is 0 Å². The molecule has 0 saturated carbocycles. The van der Waals surface area contributed by atoms with Gasteiger partial charge in [0.25, 0.3) is 0 Å². The summed E-state index contributed by atoms with van der Waals surface area (Å²) >= 11 is 0. The molecule has 1 N–H and O–H groups in total. The van der Waals surface area contributed by atoms with Gasteiger partial charge in [0.15, 0.2) is 5.82 Å². The average molecular weight is 290 g/mol. The van der Waals surface area contributed by atoms with Crippen LogP contribution < -0.4 is 5.32 Å². The number of hydrogen-bond acceptors (Lipinski definition) is 4. The normalized spacial score (nSPS) is 13.6. The lowest BCUT2D eigenvalue weighted by Crippen LogP contribution is -2.35. The molecule has 0 aliphatic heterocycles. The predicted molar refractivity (Wildman–Crippen MR) is 82.9 cm³/mol. The molecule has 0 saturated heterocycles. The molecule has 0 fully saturated rings. The predicted octanol–water partition coefficient (Wildman–Crippen LogP) is 2.38. The Morgan fingerprint density at radius 3 is 2.71 bits per heavy atom. The maximum absolute atomic E-state index is 4.58. The molecule has 1 unspecified atom stereocenters. The van der Waals surface area contributed by atoms with Gasteiger partial charge in [-0.05, 0) is 40.2 Å². The van der Waals surface area contributed by atoms with Gasteiger partial charge in [0.1, 0.15) is 6.33 Å². The van der Waals surface area contributed by atoms with Crippen molar-refractivity contribution >= 4 is 0 Å². The molecular weight excluding hydrogens is 264 g/mol. The van der Waals surface area contributed by atoms with E-state index in [0.717, 1.165) is 17.9 Å². The summed E-state index contributed by atoms with van der Waals surface area (Å²) < 4.78 is 3.84. The number of hydrogen-bond donors (Lipinski definition) is 1. The van der Waals surface area contributed by atoms with Crippen molar-refractivity contribution < 1.29 is 0 Å². The Bertz CT molecular complexity index is 563. The highest BCUT2D eigenvalue weighted by atomic mass is 15.4. The lowest BCUT2D eigenvalue weighted by molar-refractivity contribution is 0.416. The molecule has 2 rings (SSSR count). The molecule has 6 heteroatoms. The van der Waals surface area contributed by atoms with Gasteiger partial charge in [0, 0.05) is 17.8 Å². The van der Waals surface area contributed by atoms with Crippen molar-refractivity contribution in [2.75, 3.05) is 0 Å². The zero-order chi connectivity index (χ0) is 15.5. The maximum Gasteiger partial charge on any atom is 0.164 e. The van der Waals surface area contributed by atoms with Crippen molar-refractivity contribution in [2.45, 2.75) is 65.7 Å². The molecule has 0 amide bonds. The third kappa shape index (κ3) is 4.67. The molecule has 0 aliphatic rings. The monoisotopic (exact) mass is 290 g/mol. The van der Waals surface area contributed by atoms with Crippen LogP contribution in [0.1, 0.15) is 58.6 Å². The van der Waals surface area contributed by atoms with Gasteiger partial charge < -0.3 is 5.32 Å². The Hall–Kier alpha value is -1.69. The van der Waals surface area contributed by atoms with Crippen LogP contribution in [0.3, 0.4) is 0 Å². The van der Waals surface area contributed by atoms with E-state index in [9.17, 15) is 0 Å². The van der Waals surface area contributed by atoms with Gasteiger partial charge in [0.2, 0.25) is 0 Å². The minimum Gasteiger partial charge on any atom is -0.305 e. The molecule has 116 valence electrons. The van der Waals surface area contributed by atoms with Gasteiger partial charge in [0.05, 0.1) is 18.8 Å². The van der Waals surface area contributed by atoms with E-state index >= 15 is 0 Å². The fourth-order valence-electron chi connectivity index (χ4n) is 1.89. The van der Waals surface area contributed by atoms with E-state index in [1.165, 1.54) is 0 Å². The minimum atomic E-state index is 0.0700. The van der Waals surface area contributed by atoms with Crippen molar-refractivity contribution in [1.82, 2.24) is 29.9 Å². The van der Waals surface area contributed by atoms with Gasteiger partial charge in [-0.1, -0.05) is 6.92 Å². The third-order valence-electron chi connectivity index (χ3n) is 3.39. The molecule has 0 bridgehead atoms. The van der Waals surface area contributed by atoms with E-state index in [0.29, 0.717) is 19.1 Å². The molecular formula is C15H26N6. The summed E-state index contributed by atoms with van der Waals surface area (Å²) in [4.78, 5) is 4.33. The summed E-state index contributed by atoms with van der Waals surface area (Å²) in [6.07, 6.45) is 4.87. The van der Waals surface area contributed by atoms with Gasteiger partial charge in [-0.25, -0.2) is 9.67 Å². The molecule has 2 aromatic heterocycles. The molecule has 0 aromatic carbocycles. The van der Waals surface area contributed by atoms with E-state index in [-0.39, 0.29) is 5.54 Å². The Kier molecular flexibility index (Phi) is 4.77. The first-order valence-corrected chi connectivity index (χ1v) is 7.55. The highest BCUT2D eigenvalue weighted by Crippen LogP contribution is 2.09. The zero-order valence-corrected chi connectivity index (χ0v) is 13.7. The maximum atomic E-state index is 4.58. The van der Waals surface area contributed by atoms with Crippen molar-refractivity contribution in [2.24, 2.45) is 0 Å². The Balaban J connectivity index is 1.94. The van der Waals surface area contributed by atoms with E-state index in [2.05, 4.69) is 55.1 Å². The molecule has 0 spiro atoms. The van der Waals surface area contributed by atoms with Crippen molar-refractivity contribution in [3.63, 3.8) is 0 Å². The topological polar surface area (TPSA) is 60.6 Å². The van der Waals surface area contributed by atoms with Crippen LogP contribution in [0.2, 0.25) is 0 Å². The summed E-state index contributed by atoms with van der Waals surface area (Å²) in [5.41, 5.74) is 1.08. The Morgan fingerprint density at radius 1 is 1.29 bits per heavy atom. The van der Waals surface area contributed by atoms with Crippen LogP contribution in [0.25, 0.3) is 0 Å². The van der Waals surface area contributed by atoms with Crippen LogP contribution >= 0.6 is 0 Å². The van der Waals surface area contributed by atoms with E-state index in [1.54, 1.807) is 6.33 Å². The molecule has 0 aliphatic carbocycles. The molecule has 2 aromatic rings. The Morgan fingerprint density at radius 2 is 2.05 bits per heavy atom. The number of nitrogens with zero attached hydrogens (tertiary/aromatic N) is 5. The number of rotatable bonds is 6. The van der Waals surface area contributed by atoms with Gasteiger partial charge in [-0.2, -0.15) is 10.2 Å². The SMILES string of the molecule is CCC(C)n1ccc(Cn2cnc(CNC(C)(C)C)n2)n1. The number of nitrogens with one attached hydrogen (secondary N) is 1. The summed E-state index contributed by atoms with van der Waals surface area (Å²) in [5, 5.41) is 12.4. The van der Waals surface area contributed by atoms with Gasteiger partial charge in [-0.3, -0.25) is 4.68 Å². The second-order valence-electron chi connectivity index (χ2n) is 6.51. The average Bonchev–Trinajstić information content (AvgIpc) is 3.04. The van der Waals surface area contributed by atoms with Crippen molar-refractivity contribution in [3.05, 3.63) is 30.1 Å². The smallest absolute Gasteiger partial charge is 0.164 e. The Labute approximate surface area is 126 Å². The van der Waals surface area contributed by atoms with Crippen LogP contribution in [-0.2, 0) is 13.1 Å². The molecule has 6 nitrogen and oxygen atoms in total. The first-order valence-electron chi connectivity index (χ1n) is 7.55. The summed E-state index contributed by atoms with van der Waals surface area (Å²) in [6.45, 7) is 12.1. The minimum absolute atomic E-state index is 0.0700. The van der Waals surface area contributed by atoms with Crippen LogP contribution in [0, 0.1) is 0 Å². The van der Waals surface area contributed by atoms with Crippen LogP contribution in [0.15, 0.2) is 18.6 Å². The second kappa shape index (κ2) is 6.39. The first kappa shape index (κ1) is 15.7. The largest absolute Gasteiger partial charge is 0.305 e. The molecule has 0 radical (unpaired) electrons. The van der Waals surface area contributed by atoms with Crippen LogP contribution in [0.5, 0.6) is 0 Å². The fraction of sp³-hybridized carbons (Fsp3) is 0.667. The fourth-order valence-corrected chi connectivity index (χ4v) is 1.89. The standard InChI is InChI=1S/C15H26N6/c1-6-12(2)21-8-7-13(18-21)10-20-11-16-14(19-20)9-17-15(3,4)5/h7-8,11-12,17H,6,9-10H2,1-5H3. The molecule has 1 atom stereocenters. The lowest BCUT2D eigenvalue weighted by atomic mass is 10.1. The highest BCUT2D eigenvalue weighted by molar-refractivity contribution is 5.00. The summed E-state index contributed by atoms with van der Waals surface area (Å²) in [6, 6.07) is 2.47. The molecule has 2 heterocycles. The van der Waals surface area contributed by atoms with Crippen molar-refractivity contribution in [3.8, 4) is 0 Å². The van der Waals surface area contributed by atoms with E-state index in [1.807, 2.05) is 21.6 Å². The first-order chi connectivity index (χ1) is 9.87. The summed E-state index contributed by atoms with van der Waals surface area (Å²) in [7, 11) is 0. The van der Waals surface area contributed by atoms with Gasteiger partial charge in [-0.15, -0.1) is 0 Å². The van der Waals surface area contributed by atoms with Gasteiger partial charge >= 0.3 is 0 Å². The zero-order valence-electron chi connectivity index (χ0n) is 13.7. The molecule has 21 heavy (non-hydrogen) atoms. The van der Waals surface area contributed by atoms with E-state index < -0.39 is 0 Å². The lowest BCUT2D eigenvalue weighted by Gasteiger charge is -2.19. The number of aromatic nitrogens is 5. The quantitative estimate of drug-likeness (QED) is 0.887. The van der Waals surface area contributed by atoms with Crippen molar-refractivity contribution in [1.29, 1.82) is 0 Å². The third-order valence-corrected chi connectivity index (χ3v) is 3.39. The highest BCUT2D eigenvalue weighted by Gasteiger charge is 2.11. The summed E-state index contributed by atoms with van der Waals surface area (Å²) in [5.74, 6) is 0.811. The second-order valence-corrected chi connectivity index (χ2v) is 6.51. The van der Waals surface area contributed by atoms with E-state index in [4.69, 9.17) is 0 Å². The van der Waals surface area contributed by atoms with Crippen LogP contribution in [-0.4, -0.2) is 30.1 Å².